The Balaban J connectivity index is 3.25. The summed E-state index contributed by atoms with van der Waals surface area (Å²) in [5.74, 6) is 0. The Labute approximate surface area is 113 Å². The molecule has 0 bridgehead atoms. The van der Waals surface area contributed by atoms with Crippen molar-refractivity contribution in [1.29, 1.82) is 0 Å². The number of nitrogens with zero attached hydrogens (tertiary/aromatic N) is 1. The molecule has 0 heterocycles. The van der Waals surface area contributed by atoms with Crippen molar-refractivity contribution in [2.45, 2.75) is 90.5 Å². The third-order valence-corrected chi connectivity index (χ3v) is 3.63. The van der Waals surface area contributed by atoms with Gasteiger partial charge in [-0.05, 0) is 26.8 Å². The van der Waals surface area contributed by atoms with Gasteiger partial charge in [0.1, 0.15) is 12.5 Å². The van der Waals surface area contributed by atoms with E-state index in [9.17, 15) is 10.2 Å². The lowest BCUT2D eigenvalue weighted by molar-refractivity contribution is -0.0801. The summed E-state index contributed by atoms with van der Waals surface area (Å²) in [5.41, 5.74) is 0. The van der Waals surface area contributed by atoms with E-state index < -0.39 is 12.5 Å². The number of hydrogen-bond donors (Lipinski definition) is 2. The van der Waals surface area contributed by atoms with Crippen LogP contribution in [0.1, 0.15) is 78.1 Å². The average Bonchev–Trinajstić information content (AvgIpc) is 2.35. The van der Waals surface area contributed by atoms with Gasteiger partial charge in [0.25, 0.3) is 0 Å². The van der Waals surface area contributed by atoms with E-state index in [1.165, 1.54) is 51.4 Å². The van der Waals surface area contributed by atoms with Crippen LogP contribution in [0.25, 0.3) is 0 Å². The van der Waals surface area contributed by atoms with E-state index in [1.54, 1.807) is 18.9 Å². The molecule has 2 atom stereocenters. The molecule has 0 aromatic carbocycles. The van der Waals surface area contributed by atoms with Gasteiger partial charge in [-0.1, -0.05) is 58.3 Å². The van der Waals surface area contributed by atoms with Crippen molar-refractivity contribution in [2.24, 2.45) is 0 Å². The van der Waals surface area contributed by atoms with E-state index in [4.69, 9.17) is 0 Å². The summed E-state index contributed by atoms with van der Waals surface area (Å²) in [6, 6.07) is 0. The van der Waals surface area contributed by atoms with Crippen LogP contribution >= 0.6 is 0 Å². The molecule has 0 aliphatic rings. The largest absolute Gasteiger partial charge is 0.379 e. The molecule has 0 saturated carbocycles. The Hall–Kier alpha value is -0.120. The molecule has 2 N–H and O–H groups in total. The standard InChI is InChI=1S/C15H33NO2/c1-4-5-6-7-8-9-10-11-12-13-15(18)16(3)14(2)17/h14-15,17-18H,4-13H2,1-3H3. The molecule has 3 heteroatoms. The fourth-order valence-corrected chi connectivity index (χ4v) is 2.09. The first-order valence-corrected chi connectivity index (χ1v) is 7.67. The van der Waals surface area contributed by atoms with Crippen molar-refractivity contribution in [3.8, 4) is 0 Å². The van der Waals surface area contributed by atoms with Gasteiger partial charge in [0.05, 0.1) is 0 Å². The highest BCUT2D eigenvalue weighted by Gasteiger charge is 2.14. The minimum Gasteiger partial charge on any atom is -0.379 e. The molecule has 2 unspecified atom stereocenters. The minimum atomic E-state index is -0.571. The van der Waals surface area contributed by atoms with Gasteiger partial charge >= 0.3 is 0 Å². The lowest BCUT2D eigenvalue weighted by Gasteiger charge is -2.25. The molecular weight excluding hydrogens is 226 g/mol. The van der Waals surface area contributed by atoms with Gasteiger partial charge in [-0.15, -0.1) is 0 Å². The Morgan fingerprint density at radius 3 is 1.72 bits per heavy atom. The molecule has 0 aliphatic heterocycles. The second-order valence-corrected chi connectivity index (χ2v) is 5.40. The van der Waals surface area contributed by atoms with E-state index in [-0.39, 0.29) is 0 Å². The van der Waals surface area contributed by atoms with Crippen molar-refractivity contribution in [3.05, 3.63) is 0 Å². The lowest BCUT2D eigenvalue weighted by atomic mass is 10.1. The number of aliphatic hydroxyl groups is 2. The highest BCUT2D eigenvalue weighted by atomic mass is 16.3. The predicted molar refractivity (Wildman–Crippen MR) is 77.3 cm³/mol. The molecule has 0 aliphatic carbocycles. The van der Waals surface area contributed by atoms with Crippen LogP contribution in [0.4, 0.5) is 0 Å². The van der Waals surface area contributed by atoms with Crippen LogP contribution in [0, 0.1) is 0 Å². The Morgan fingerprint density at radius 2 is 1.28 bits per heavy atom. The van der Waals surface area contributed by atoms with Gasteiger partial charge in [-0.3, -0.25) is 4.90 Å². The van der Waals surface area contributed by atoms with Crippen molar-refractivity contribution in [1.82, 2.24) is 4.90 Å². The number of unbranched alkanes of at least 4 members (excludes halogenated alkanes) is 8. The summed E-state index contributed by atoms with van der Waals surface area (Å²) < 4.78 is 0. The van der Waals surface area contributed by atoms with Gasteiger partial charge in [-0.25, -0.2) is 0 Å². The Bertz CT molecular complexity index is 174. The second-order valence-electron chi connectivity index (χ2n) is 5.40. The molecule has 0 aromatic heterocycles. The first-order valence-electron chi connectivity index (χ1n) is 7.67. The molecular formula is C15H33NO2. The highest BCUT2D eigenvalue weighted by molar-refractivity contribution is 4.58. The number of rotatable bonds is 12. The Kier molecular flexibility index (Phi) is 11.9. The summed E-state index contributed by atoms with van der Waals surface area (Å²) in [5, 5.41) is 19.1. The average molecular weight is 259 g/mol. The molecule has 0 fully saturated rings. The van der Waals surface area contributed by atoms with Crippen molar-refractivity contribution >= 4 is 0 Å². The zero-order chi connectivity index (χ0) is 13.8. The van der Waals surface area contributed by atoms with Crippen LogP contribution in [-0.2, 0) is 0 Å². The van der Waals surface area contributed by atoms with Gasteiger partial charge in [0.2, 0.25) is 0 Å². The minimum absolute atomic E-state index is 0.505. The SMILES string of the molecule is CCCCCCCCCCCC(O)N(C)C(C)O. The maximum atomic E-state index is 9.75. The predicted octanol–water partition coefficient (Wildman–Crippen LogP) is 3.50. The highest BCUT2D eigenvalue weighted by Crippen LogP contribution is 2.12. The maximum Gasteiger partial charge on any atom is 0.109 e. The van der Waals surface area contributed by atoms with Crippen LogP contribution in [-0.4, -0.2) is 34.6 Å². The quantitative estimate of drug-likeness (QED) is 0.416. The van der Waals surface area contributed by atoms with Crippen molar-refractivity contribution in [3.63, 3.8) is 0 Å². The Morgan fingerprint density at radius 1 is 0.833 bits per heavy atom. The third-order valence-electron chi connectivity index (χ3n) is 3.63. The topological polar surface area (TPSA) is 43.7 Å². The summed E-state index contributed by atoms with van der Waals surface area (Å²) >= 11 is 0. The number of hydrogen-bond acceptors (Lipinski definition) is 3. The van der Waals surface area contributed by atoms with Crippen LogP contribution in [0.5, 0.6) is 0 Å². The monoisotopic (exact) mass is 259 g/mol. The molecule has 0 rings (SSSR count). The zero-order valence-electron chi connectivity index (χ0n) is 12.6. The van der Waals surface area contributed by atoms with Gasteiger partial charge in [0, 0.05) is 0 Å². The smallest absolute Gasteiger partial charge is 0.109 e. The van der Waals surface area contributed by atoms with Gasteiger partial charge in [-0.2, -0.15) is 0 Å². The van der Waals surface area contributed by atoms with Crippen LogP contribution in [0.2, 0.25) is 0 Å². The van der Waals surface area contributed by atoms with E-state index in [0.29, 0.717) is 0 Å². The molecule has 110 valence electrons. The molecule has 18 heavy (non-hydrogen) atoms. The van der Waals surface area contributed by atoms with E-state index in [1.807, 2.05) is 0 Å². The van der Waals surface area contributed by atoms with E-state index in [0.717, 1.165) is 12.8 Å². The molecule has 0 aromatic rings. The summed E-state index contributed by atoms with van der Waals surface area (Å²) in [4.78, 5) is 1.60. The third kappa shape index (κ3) is 9.86. The van der Waals surface area contributed by atoms with E-state index >= 15 is 0 Å². The van der Waals surface area contributed by atoms with Crippen LogP contribution < -0.4 is 0 Å². The normalized spacial score (nSPS) is 15.0. The van der Waals surface area contributed by atoms with E-state index in [2.05, 4.69) is 6.92 Å². The maximum absolute atomic E-state index is 9.75. The summed E-state index contributed by atoms with van der Waals surface area (Å²) in [6.45, 7) is 3.93. The van der Waals surface area contributed by atoms with Crippen molar-refractivity contribution < 1.29 is 10.2 Å². The van der Waals surface area contributed by atoms with Gasteiger partial charge < -0.3 is 10.2 Å². The fraction of sp³-hybridized carbons (Fsp3) is 1.00. The molecule has 0 radical (unpaired) electrons. The molecule has 0 saturated heterocycles. The first kappa shape index (κ1) is 17.9. The molecule has 0 amide bonds. The van der Waals surface area contributed by atoms with Gasteiger partial charge in [0.15, 0.2) is 0 Å². The van der Waals surface area contributed by atoms with Crippen LogP contribution in [0.15, 0.2) is 0 Å². The van der Waals surface area contributed by atoms with Crippen LogP contribution in [0.3, 0.4) is 0 Å². The molecule has 3 nitrogen and oxygen atoms in total. The summed E-state index contributed by atoms with van der Waals surface area (Å²) in [6.07, 6.45) is 11.3. The summed E-state index contributed by atoms with van der Waals surface area (Å²) in [7, 11) is 1.75. The molecule has 0 spiro atoms. The number of aliphatic hydroxyl groups excluding tert-OH is 2. The zero-order valence-corrected chi connectivity index (χ0v) is 12.6. The van der Waals surface area contributed by atoms with Crippen molar-refractivity contribution in [2.75, 3.05) is 7.05 Å². The second kappa shape index (κ2) is 11.9. The first-order chi connectivity index (χ1) is 8.59. The lowest BCUT2D eigenvalue weighted by Crippen LogP contribution is -2.38. The fourth-order valence-electron chi connectivity index (χ4n) is 2.09.